The first-order chi connectivity index (χ1) is 8.11. The highest BCUT2D eigenvalue weighted by Gasteiger charge is 2.54. The molecule has 4 saturated carbocycles. The highest BCUT2D eigenvalue weighted by Crippen LogP contribution is 2.60. The van der Waals surface area contributed by atoms with Crippen LogP contribution in [0.1, 0.15) is 38.5 Å². The number of nitrogens with one attached hydrogen (secondary N) is 2. The van der Waals surface area contributed by atoms with Gasteiger partial charge < -0.3 is 10.6 Å². The predicted molar refractivity (Wildman–Crippen MR) is 70.4 cm³/mol. The summed E-state index contributed by atoms with van der Waals surface area (Å²) in [4.78, 5) is 12.4. The van der Waals surface area contributed by atoms with Gasteiger partial charge in [-0.2, -0.15) is 0 Å². The van der Waals surface area contributed by atoms with Crippen molar-refractivity contribution in [2.24, 2.45) is 23.2 Å². The summed E-state index contributed by atoms with van der Waals surface area (Å²) in [6.45, 7) is 0. The van der Waals surface area contributed by atoms with Crippen LogP contribution in [0.15, 0.2) is 0 Å². The van der Waals surface area contributed by atoms with E-state index in [0.29, 0.717) is 5.11 Å². The lowest BCUT2D eigenvalue weighted by atomic mass is 9.49. The third-order valence-electron chi connectivity index (χ3n) is 4.97. The molecule has 2 N–H and O–H groups in total. The fourth-order valence-electron chi connectivity index (χ4n) is 4.69. The highest BCUT2D eigenvalue weighted by atomic mass is 32.1. The second-order valence-electron chi connectivity index (χ2n) is 6.23. The van der Waals surface area contributed by atoms with Gasteiger partial charge in [0.1, 0.15) is 0 Å². The molecule has 0 spiro atoms. The van der Waals surface area contributed by atoms with E-state index >= 15 is 0 Å². The molecule has 0 atom stereocenters. The van der Waals surface area contributed by atoms with E-state index in [1.165, 1.54) is 19.3 Å². The molecule has 4 fully saturated rings. The van der Waals surface area contributed by atoms with Gasteiger partial charge in [-0.3, -0.25) is 4.79 Å². The van der Waals surface area contributed by atoms with Crippen molar-refractivity contribution in [2.45, 2.75) is 38.5 Å². The molecule has 4 rings (SSSR count). The number of amides is 1. The van der Waals surface area contributed by atoms with Crippen molar-refractivity contribution in [3.63, 3.8) is 0 Å². The van der Waals surface area contributed by atoms with Crippen LogP contribution in [0.25, 0.3) is 0 Å². The fraction of sp³-hybridized carbons (Fsp3) is 0.846. The summed E-state index contributed by atoms with van der Waals surface area (Å²) in [5.74, 6) is 2.58. The third-order valence-corrected chi connectivity index (χ3v) is 5.28. The zero-order valence-electron chi connectivity index (χ0n) is 10.3. The number of carbonyl (C=O) groups excluding carboxylic acids is 1. The maximum atomic E-state index is 12.4. The Morgan fingerprint density at radius 2 is 1.59 bits per heavy atom. The molecule has 0 aliphatic heterocycles. The Balaban J connectivity index is 1.77. The molecule has 3 nitrogen and oxygen atoms in total. The molecule has 94 valence electrons. The van der Waals surface area contributed by atoms with Crippen molar-refractivity contribution in [1.82, 2.24) is 10.6 Å². The van der Waals surface area contributed by atoms with Gasteiger partial charge in [0.15, 0.2) is 5.11 Å². The topological polar surface area (TPSA) is 41.1 Å². The van der Waals surface area contributed by atoms with Crippen LogP contribution in [-0.4, -0.2) is 18.1 Å². The van der Waals surface area contributed by atoms with Crippen LogP contribution in [0.2, 0.25) is 0 Å². The molecule has 0 unspecified atom stereocenters. The maximum Gasteiger partial charge on any atom is 0.232 e. The maximum absolute atomic E-state index is 12.4. The summed E-state index contributed by atoms with van der Waals surface area (Å²) in [5, 5.41) is 6.16. The molecule has 4 bridgehead atoms. The predicted octanol–water partition coefficient (Wildman–Crippen LogP) is 1.82. The summed E-state index contributed by atoms with van der Waals surface area (Å²) in [6.07, 6.45) is 7.38. The second-order valence-corrected chi connectivity index (χ2v) is 6.64. The van der Waals surface area contributed by atoms with Crippen LogP contribution in [0.3, 0.4) is 0 Å². The van der Waals surface area contributed by atoms with Gasteiger partial charge in [0.25, 0.3) is 0 Å². The van der Waals surface area contributed by atoms with E-state index < -0.39 is 0 Å². The van der Waals surface area contributed by atoms with Crippen LogP contribution in [0, 0.1) is 23.2 Å². The van der Waals surface area contributed by atoms with Gasteiger partial charge >= 0.3 is 0 Å². The minimum absolute atomic E-state index is 0.0876. The van der Waals surface area contributed by atoms with Crippen molar-refractivity contribution in [3.05, 3.63) is 0 Å². The smallest absolute Gasteiger partial charge is 0.232 e. The first-order valence-electron chi connectivity index (χ1n) is 6.64. The van der Waals surface area contributed by atoms with Crippen molar-refractivity contribution < 1.29 is 4.79 Å². The van der Waals surface area contributed by atoms with E-state index in [1.807, 2.05) is 0 Å². The minimum atomic E-state index is -0.0876. The van der Waals surface area contributed by atoms with E-state index in [1.54, 1.807) is 7.05 Å². The minimum Gasteiger partial charge on any atom is -0.365 e. The van der Waals surface area contributed by atoms with Crippen molar-refractivity contribution >= 4 is 23.2 Å². The van der Waals surface area contributed by atoms with E-state index in [2.05, 4.69) is 10.6 Å². The number of carbonyl (C=O) groups is 1. The van der Waals surface area contributed by atoms with Crippen LogP contribution in [0.4, 0.5) is 0 Å². The van der Waals surface area contributed by atoms with Crippen molar-refractivity contribution in [3.8, 4) is 0 Å². The quantitative estimate of drug-likeness (QED) is 0.700. The highest BCUT2D eigenvalue weighted by molar-refractivity contribution is 7.80. The summed E-state index contributed by atoms with van der Waals surface area (Å²) >= 11 is 5.04. The molecule has 4 heteroatoms. The molecule has 0 saturated heterocycles. The average molecular weight is 252 g/mol. The molecular weight excluding hydrogens is 232 g/mol. The summed E-state index contributed by atoms with van der Waals surface area (Å²) in [7, 11) is 1.75. The standard InChI is InChI=1S/C13H20N2OS/c1-14-12(17)15-11(16)13-5-8-2-9(6-13)4-10(3-8)7-13/h8-10H,2-7H2,1H3,(H2,14,15,16,17). The van der Waals surface area contributed by atoms with Crippen LogP contribution >= 0.6 is 12.2 Å². The molecule has 0 aromatic rings. The SMILES string of the molecule is CNC(=S)NC(=O)C12CC3CC(CC(C3)C1)C2. The van der Waals surface area contributed by atoms with Gasteiger partial charge in [-0.05, 0) is 68.5 Å². The number of rotatable bonds is 1. The van der Waals surface area contributed by atoms with Crippen molar-refractivity contribution in [1.29, 1.82) is 0 Å². The Bertz CT molecular complexity index is 331. The lowest BCUT2D eigenvalue weighted by molar-refractivity contribution is -0.144. The fourth-order valence-corrected chi connectivity index (χ4v) is 4.78. The monoisotopic (exact) mass is 252 g/mol. The Labute approximate surface area is 108 Å². The van der Waals surface area contributed by atoms with Gasteiger partial charge in [0, 0.05) is 7.05 Å². The molecule has 0 aromatic heterocycles. The molecule has 17 heavy (non-hydrogen) atoms. The summed E-state index contributed by atoms with van der Waals surface area (Å²) in [6, 6.07) is 0. The Kier molecular flexibility index (Phi) is 2.65. The average Bonchev–Trinajstić information content (AvgIpc) is 2.26. The van der Waals surface area contributed by atoms with Crippen molar-refractivity contribution in [2.75, 3.05) is 7.05 Å². The number of thiocarbonyl (C=S) groups is 1. The zero-order valence-corrected chi connectivity index (χ0v) is 11.1. The number of hydrogen-bond donors (Lipinski definition) is 2. The molecule has 0 heterocycles. The lowest BCUT2D eigenvalue weighted by Crippen LogP contribution is -2.55. The van der Waals surface area contributed by atoms with E-state index in [9.17, 15) is 4.79 Å². The van der Waals surface area contributed by atoms with Crippen LogP contribution < -0.4 is 10.6 Å². The zero-order chi connectivity index (χ0) is 12.0. The lowest BCUT2D eigenvalue weighted by Gasteiger charge is -2.55. The van der Waals surface area contributed by atoms with E-state index in [4.69, 9.17) is 12.2 Å². The third kappa shape index (κ3) is 1.86. The Morgan fingerprint density at radius 3 is 2.00 bits per heavy atom. The van der Waals surface area contributed by atoms with E-state index in [0.717, 1.165) is 37.0 Å². The summed E-state index contributed by atoms with van der Waals surface area (Å²) in [5.41, 5.74) is -0.0876. The molecule has 0 radical (unpaired) electrons. The second kappa shape index (κ2) is 3.94. The Hall–Kier alpha value is -0.640. The molecule has 1 amide bonds. The van der Waals surface area contributed by atoms with Crippen LogP contribution in [0.5, 0.6) is 0 Å². The molecule has 4 aliphatic rings. The van der Waals surface area contributed by atoms with Gasteiger partial charge in [0.2, 0.25) is 5.91 Å². The Morgan fingerprint density at radius 1 is 1.12 bits per heavy atom. The number of hydrogen-bond acceptors (Lipinski definition) is 2. The molecule has 4 aliphatic carbocycles. The van der Waals surface area contributed by atoms with Gasteiger partial charge in [-0.25, -0.2) is 0 Å². The first kappa shape index (κ1) is 11.5. The summed E-state index contributed by atoms with van der Waals surface area (Å²) < 4.78 is 0. The van der Waals surface area contributed by atoms with E-state index in [-0.39, 0.29) is 11.3 Å². The van der Waals surface area contributed by atoms with Gasteiger partial charge in [0.05, 0.1) is 5.41 Å². The molecule has 0 aromatic carbocycles. The largest absolute Gasteiger partial charge is 0.365 e. The van der Waals surface area contributed by atoms with Gasteiger partial charge in [-0.15, -0.1) is 0 Å². The molecular formula is C13H20N2OS. The normalized spacial score (nSPS) is 42.3. The van der Waals surface area contributed by atoms with Gasteiger partial charge in [-0.1, -0.05) is 0 Å². The van der Waals surface area contributed by atoms with Crippen LogP contribution in [-0.2, 0) is 4.79 Å². The first-order valence-corrected chi connectivity index (χ1v) is 7.05.